The van der Waals surface area contributed by atoms with Gasteiger partial charge in [-0.15, -0.1) is 35.1 Å². The number of thiocarbonyl (C=S) groups is 1. The van der Waals surface area contributed by atoms with Crippen molar-refractivity contribution in [3.05, 3.63) is 98.2 Å². The summed E-state index contributed by atoms with van der Waals surface area (Å²) in [4.78, 5) is 107. The van der Waals surface area contributed by atoms with Crippen molar-refractivity contribution in [3.63, 3.8) is 0 Å². The van der Waals surface area contributed by atoms with E-state index in [1.165, 1.54) is 34.8 Å². The number of hydrogen-bond acceptors (Lipinski definition) is 25. The molecule has 4 fully saturated rings. The second kappa shape index (κ2) is 49.0. The smallest absolute Gasteiger partial charge is 0.410 e. The first-order chi connectivity index (χ1) is 56.6. The van der Waals surface area contributed by atoms with E-state index in [-0.39, 0.29) is 126 Å². The number of benzene rings is 2. The molecule has 0 bridgehead atoms. The lowest BCUT2D eigenvalue weighted by Crippen LogP contribution is -2.43. The minimum absolute atomic E-state index is 0. The third-order valence-corrected chi connectivity index (χ3v) is 21.4. The SMILES string of the molecule is C.CC(=O)C1CCN(C(=O)OC(C)(C)C)CC1.CC(C)(C)OC(=O)N1CCC(C(=O)CBr)CC1.CC(C)(C)OC(=O)N1CCC(c2csc(N)n2)CC1.CC(C)N1CCOc2c(F)cc(-c3nc(Cc4nc(C5CCN(C(=O)OC(C)(C)C)CC5)cs4)ncc3F)cc21.CC(C)N1CCOc2c(F)cc(-c3nc(Cl)ncc3F)cc21.CCO.Cl.NC(N)=S. The van der Waals surface area contributed by atoms with Gasteiger partial charge in [0.25, 0.3) is 0 Å². The molecule has 123 heavy (non-hydrogen) atoms. The highest BCUT2D eigenvalue weighted by Gasteiger charge is 2.35. The number of aliphatic hydroxyl groups excluding tert-OH is 1. The van der Waals surface area contributed by atoms with Crippen LogP contribution < -0.4 is 36.5 Å². The van der Waals surface area contributed by atoms with E-state index in [1.54, 1.807) is 45.6 Å². The van der Waals surface area contributed by atoms with Crippen LogP contribution in [0.4, 0.5) is 53.2 Å². The molecule has 38 heteroatoms. The monoisotopic (exact) mass is 1890 g/mol. The Hall–Kier alpha value is -8.29. The van der Waals surface area contributed by atoms with Crippen molar-refractivity contribution in [1.82, 2.24) is 49.5 Å². The number of aromatic nitrogens is 6. The first kappa shape index (κ1) is 107. The predicted molar refractivity (Wildman–Crippen MR) is 485 cm³/mol. The maximum atomic E-state index is 15.0. The first-order valence-corrected chi connectivity index (χ1v) is 44.2. The Labute approximate surface area is 754 Å². The largest absolute Gasteiger partial charge is 0.486 e. The normalized spacial score (nSPS) is 15.7. The fraction of sp³-hybridized carbons (Fsp3) is 0.612. The molecule has 686 valence electrons. The number of aliphatic hydroxyl groups is 1. The molecule has 6 aliphatic rings. The van der Waals surface area contributed by atoms with E-state index in [0.717, 1.165) is 93.2 Å². The lowest BCUT2D eigenvalue weighted by atomic mass is 9.94. The quantitative estimate of drug-likeness (QED) is 0.0308. The third kappa shape index (κ3) is 34.9. The van der Waals surface area contributed by atoms with Crippen LogP contribution in [0.1, 0.15) is 217 Å². The zero-order valence-corrected chi connectivity index (χ0v) is 78.8. The number of fused-ring (bicyclic) bond motifs is 2. The van der Waals surface area contributed by atoms with Crippen LogP contribution in [-0.4, -0.2) is 221 Å². The number of thiazole rings is 2. The maximum absolute atomic E-state index is 15.0. The molecule has 4 aromatic heterocycles. The number of halogens is 7. The van der Waals surface area contributed by atoms with Gasteiger partial charge >= 0.3 is 24.4 Å². The Morgan fingerprint density at radius 3 is 1.24 bits per heavy atom. The van der Waals surface area contributed by atoms with E-state index in [4.69, 9.17) is 55.8 Å². The number of ketones is 2. The average Bonchev–Trinajstić information content (AvgIpc) is 1.08. The molecule has 0 spiro atoms. The number of alkyl halides is 1. The lowest BCUT2D eigenvalue weighted by Gasteiger charge is -2.34. The Kier molecular flexibility index (Phi) is 42.6. The van der Waals surface area contributed by atoms with Crippen molar-refractivity contribution >= 4 is 132 Å². The molecular weight excluding hydrogens is 1760 g/mol. The number of carbonyl (C=O) groups excluding carboxylic acids is 6. The number of carbonyl (C=O) groups is 6. The number of ether oxygens (including phenoxy) is 6. The molecule has 28 nitrogen and oxygen atoms in total. The Morgan fingerprint density at radius 2 is 0.902 bits per heavy atom. The van der Waals surface area contributed by atoms with Crippen molar-refractivity contribution in [1.29, 1.82) is 0 Å². The number of piperidine rings is 4. The average molecular weight is 1890 g/mol. The van der Waals surface area contributed by atoms with E-state index < -0.39 is 45.7 Å². The lowest BCUT2D eigenvalue weighted by molar-refractivity contribution is -0.122. The van der Waals surface area contributed by atoms with Gasteiger partial charge in [-0.25, -0.2) is 66.6 Å². The van der Waals surface area contributed by atoms with Crippen molar-refractivity contribution < 1.29 is 79.9 Å². The van der Waals surface area contributed by atoms with Gasteiger partial charge in [0.15, 0.2) is 45.0 Å². The number of amides is 4. The van der Waals surface area contributed by atoms with Gasteiger partial charge in [0.2, 0.25) is 5.28 Å². The molecule has 0 radical (unpaired) electrons. The summed E-state index contributed by atoms with van der Waals surface area (Å²) in [5.41, 5.74) is 16.9. The number of nitrogen functional groups attached to an aromatic ring is 1. The summed E-state index contributed by atoms with van der Waals surface area (Å²) < 4.78 is 90.6. The second-order valence-electron chi connectivity index (χ2n) is 34.1. The summed E-state index contributed by atoms with van der Waals surface area (Å²) in [5, 5.41) is 13.4. The molecule has 4 saturated heterocycles. The molecule has 0 aliphatic carbocycles. The van der Waals surface area contributed by atoms with E-state index in [2.05, 4.69) is 64.5 Å². The molecule has 0 saturated carbocycles. The zero-order chi connectivity index (χ0) is 90.2. The van der Waals surface area contributed by atoms with Crippen molar-refractivity contribution in [2.24, 2.45) is 23.3 Å². The van der Waals surface area contributed by atoms with Crippen LogP contribution in [-0.2, 0) is 35.0 Å². The Balaban J connectivity index is 0.000000331. The number of nitrogens with two attached hydrogens (primary N) is 3. The second-order valence-corrected chi connectivity index (χ2v) is 37.3. The molecule has 0 atom stereocenters. The van der Waals surface area contributed by atoms with Crippen LogP contribution in [0.25, 0.3) is 22.5 Å². The molecule has 6 aromatic rings. The molecule has 12 rings (SSSR count). The molecule has 4 amide bonds. The van der Waals surface area contributed by atoms with Gasteiger partial charge in [-0.05, 0) is 224 Å². The summed E-state index contributed by atoms with van der Waals surface area (Å²) >= 11 is 16.0. The number of anilines is 3. The fourth-order valence-electron chi connectivity index (χ4n) is 13.4. The van der Waals surface area contributed by atoms with E-state index in [0.29, 0.717) is 117 Å². The molecule has 6 aliphatic heterocycles. The number of likely N-dealkylation sites (tertiary alicyclic amines) is 4. The molecule has 0 unspecified atom stereocenters. The van der Waals surface area contributed by atoms with Gasteiger partial charge in [-0.1, -0.05) is 23.4 Å². The summed E-state index contributed by atoms with van der Waals surface area (Å²) in [7, 11) is 0. The van der Waals surface area contributed by atoms with E-state index in [9.17, 15) is 46.3 Å². The van der Waals surface area contributed by atoms with Crippen molar-refractivity contribution in [2.45, 2.75) is 236 Å². The predicted octanol–water partition coefficient (Wildman–Crippen LogP) is 17.8. The first-order valence-electron chi connectivity index (χ1n) is 40.6. The minimum atomic E-state index is -0.656. The molecule has 2 aromatic carbocycles. The van der Waals surface area contributed by atoms with Gasteiger partial charge in [-0.2, -0.15) is 0 Å². The summed E-state index contributed by atoms with van der Waals surface area (Å²) in [5.74, 6) is -0.257. The molecule has 10 heterocycles. The van der Waals surface area contributed by atoms with Crippen LogP contribution in [0.3, 0.4) is 0 Å². The fourth-order valence-corrected chi connectivity index (χ4v) is 15.5. The van der Waals surface area contributed by atoms with Gasteiger partial charge in [0.05, 0.1) is 60.0 Å². The van der Waals surface area contributed by atoms with Crippen molar-refractivity contribution in [3.8, 4) is 34.0 Å². The minimum Gasteiger partial charge on any atom is -0.486 e. The highest BCUT2D eigenvalue weighted by Crippen LogP contribution is 2.42. The number of rotatable bonds is 11. The molecule has 7 N–H and O–H groups in total. The van der Waals surface area contributed by atoms with Crippen LogP contribution in [0.15, 0.2) is 47.4 Å². The van der Waals surface area contributed by atoms with Gasteiger partial charge < -0.3 is 80.1 Å². The van der Waals surface area contributed by atoms with Gasteiger partial charge in [-0.3, -0.25) is 9.59 Å². The highest BCUT2D eigenvalue weighted by molar-refractivity contribution is 9.09. The number of nitrogens with zero attached hydrogens (tertiary/aromatic N) is 12. The van der Waals surface area contributed by atoms with E-state index >= 15 is 0 Å². The Bertz CT molecular complexity index is 4420. The number of Topliss-reactive ketones (excluding diaryl/α,β-unsaturated/α-hetero) is 2. The Morgan fingerprint density at radius 1 is 0.561 bits per heavy atom. The van der Waals surface area contributed by atoms with Gasteiger partial charge in [0, 0.05) is 117 Å². The van der Waals surface area contributed by atoms with Crippen LogP contribution in [0, 0.1) is 35.1 Å². The third-order valence-electron chi connectivity index (χ3n) is 19.1. The number of hydrogen-bond donors (Lipinski definition) is 4. The van der Waals surface area contributed by atoms with Crippen molar-refractivity contribution in [2.75, 3.05) is 106 Å². The summed E-state index contributed by atoms with van der Waals surface area (Å²) in [6.07, 6.45) is 7.84. The topological polar surface area (TPSA) is 353 Å². The summed E-state index contributed by atoms with van der Waals surface area (Å²) in [6.45, 7) is 41.2. The highest BCUT2D eigenvalue weighted by atomic mass is 79.9. The maximum Gasteiger partial charge on any atom is 0.410 e. The van der Waals surface area contributed by atoms with Crippen LogP contribution >= 0.6 is 74.8 Å². The van der Waals surface area contributed by atoms with Crippen LogP contribution in [0.2, 0.25) is 5.28 Å². The van der Waals surface area contributed by atoms with Gasteiger partial charge in [0.1, 0.15) is 69.4 Å². The zero-order valence-electron chi connectivity index (χ0n) is 73.2. The standard InChI is InChI=1S/C29H35F2N5O3S.C15H14ClF2N3O.C13H21N3O2S.C12H20BrNO3.C12H21NO3.C2H6O.CH4N2S.CH4.ClH/c1-17(2)36-10-11-38-27-20(30)12-19(13-23(27)36)26-21(31)15-32-24(34-26)14-25-33-22(16-40-25)18-6-8-35(9-7-18)28(37)39-29(3,4)5;1-8(2)21-3-4-22-14-10(17)5-9(6-12(14)21)13-11(18)7-19-15(16)20-13;1-13(2,3)18-12(17)16-6-4-9(5-7-16)10-8-19-11(14)15-10;1-12(2,3)17-11(16)14-6-4-9(5-7-14)10(15)8-13;1-9(14)10-5-7-13(8-6-10)11(15)16-12(2,3)4;1-2-3;2-1(3)4;;/h12-13,15-18H,6-11,14H2,1-5H3;5-8H,3-4H2,1-2H3;8-9H,4-7H2,1-3H3,(H2,14,15);9H,4-8H2,1-3H3;10H,5-8H2,1-4H3;3H,2H2,1H3;(H4,2,3,4);1H4;1H. The summed E-state index contributed by atoms with van der Waals surface area (Å²) in [6, 6.07) is 6.16. The molecular formula is C85H126BrCl2F4N15O13S3. The van der Waals surface area contributed by atoms with Crippen LogP contribution in [0.5, 0.6) is 11.5 Å². The van der Waals surface area contributed by atoms with E-state index in [1.807, 2.05) is 131 Å².